The van der Waals surface area contributed by atoms with Gasteiger partial charge in [0, 0.05) is 147 Å². The highest BCUT2D eigenvalue weighted by molar-refractivity contribution is 6.31. The van der Waals surface area contributed by atoms with Crippen LogP contribution in [0.5, 0.6) is 0 Å². The lowest BCUT2D eigenvalue weighted by molar-refractivity contribution is -0.118. The molecule has 0 saturated heterocycles. The number of carbonyl (C=O) groups excluding carboxylic acids is 3. The van der Waals surface area contributed by atoms with Crippen LogP contribution in [0.2, 0.25) is 10.0 Å². The van der Waals surface area contributed by atoms with Gasteiger partial charge in [0.1, 0.15) is 28.7 Å². The van der Waals surface area contributed by atoms with E-state index in [0.717, 1.165) is 111 Å². The molecule has 15 heterocycles. The highest BCUT2D eigenvalue weighted by atomic mass is 35.5. The fourth-order valence-corrected chi connectivity index (χ4v) is 13.0. The zero-order valence-corrected chi connectivity index (χ0v) is 60.5. The Labute approximate surface area is 633 Å². The van der Waals surface area contributed by atoms with E-state index in [2.05, 4.69) is 101 Å². The Hall–Kier alpha value is -14.1. The molecule has 2 amide bonds. The van der Waals surface area contributed by atoms with Gasteiger partial charge in [0.2, 0.25) is 11.8 Å². The molecule has 0 aliphatic carbocycles. The maximum atomic E-state index is 13.9. The van der Waals surface area contributed by atoms with Gasteiger partial charge in [-0.1, -0.05) is 93.4 Å². The maximum Gasteiger partial charge on any atom is 0.224 e. The van der Waals surface area contributed by atoms with E-state index in [4.69, 9.17) is 38.2 Å². The molecule has 26 nitrogen and oxygen atoms in total. The number of imidazole rings is 3. The van der Waals surface area contributed by atoms with Gasteiger partial charge < -0.3 is 25.6 Å². The van der Waals surface area contributed by atoms with Crippen molar-refractivity contribution in [2.24, 2.45) is 5.92 Å². The number of aromatic amines is 6. The fourth-order valence-electron chi connectivity index (χ4n) is 12.7. The first-order chi connectivity index (χ1) is 53.6. The van der Waals surface area contributed by atoms with E-state index in [1.54, 1.807) is 99.7 Å². The molecule has 15 aromatic heterocycles. The maximum absolute atomic E-state index is 13.9. The number of H-pyrrole nitrogens is 6. The van der Waals surface area contributed by atoms with Crippen LogP contribution in [0.1, 0.15) is 52.7 Å². The molecule has 0 aliphatic heterocycles. The number of benzene rings is 3. The predicted octanol–water partition coefficient (Wildman–Crippen LogP) is 17.2. The van der Waals surface area contributed by atoms with Gasteiger partial charge in [-0.25, -0.2) is 34.3 Å². The highest BCUT2D eigenvalue weighted by Crippen LogP contribution is 2.38. The Morgan fingerprint density at radius 2 is 0.827 bits per heavy atom. The van der Waals surface area contributed by atoms with Crippen LogP contribution < -0.4 is 10.6 Å². The van der Waals surface area contributed by atoms with Crippen LogP contribution in [-0.2, 0) is 20.8 Å². The molecule has 3 aromatic carbocycles. The van der Waals surface area contributed by atoms with Gasteiger partial charge in [-0.05, 0) is 95.4 Å². The summed E-state index contributed by atoms with van der Waals surface area (Å²) in [7, 11) is 0. The number of fused-ring (bicyclic) bond motifs is 6. The predicted molar refractivity (Wildman–Crippen MR) is 422 cm³/mol. The van der Waals surface area contributed by atoms with Crippen molar-refractivity contribution in [1.29, 1.82) is 0 Å². The molecule has 0 saturated carbocycles. The van der Waals surface area contributed by atoms with E-state index >= 15 is 0 Å². The van der Waals surface area contributed by atoms with Crippen LogP contribution in [0, 0.1) is 11.7 Å². The van der Waals surface area contributed by atoms with Crippen LogP contribution in [0.25, 0.3) is 168 Å². The number of amides is 2. The number of rotatable bonds is 17. The van der Waals surface area contributed by atoms with Gasteiger partial charge >= 0.3 is 0 Å². The molecule has 540 valence electrons. The number of ketones is 1. The number of nitrogens with zero attached hydrogens (tertiary/aromatic N) is 15. The number of pyridine rings is 9. The second kappa shape index (κ2) is 30.4. The lowest BCUT2D eigenvalue weighted by Crippen LogP contribution is -2.13. The molecule has 0 aliphatic rings. The normalized spacial score (nSPS) is 11.4. The van der Waals surface area contributed by atoms with Crippen molar-refractivity contribution in [1.82, 2.24) is 105 Å². The minimum Gasteiger partial charge on any atom is -0.335 e. The Bertz CT molecular complexity index is 6540. The van der Waals surface area contributed by atoms with E-state index in [9.17, 15) is 18.8 Å². The van der Waals surface area contributed by atoms with E-state index in [0.29, 0.717) is 110 Å². The van der Waals surface area contributed by atoms with Crippen molar-refractivity contribution < 1.29 is 18.8 Å². The van der Waals surface area contributed by atoms with Crippen molar-refractivity contribution >= 4 is 118 Å². The van der Waals surface area contributed by atoms with Crippen LogP contribution in [0.3, 0.4) is 0 Å². The molecule has 0 radical (unpaired) electrons. The lowest BCUT2D eigenvalue weighted by Gasteiger charge is -2.08. The molecule has 0 atom stereocenters. The van der Waals surface area contributed by atoms with Gasteiger partial charge in [-0.2, -0.15) is 15.3 Å². The molecule has 8 N–H and O–H groups in total. The first-order valence-corrected chi connectivity index (χ1v) is 35.7. The molecule has 0 bridgehead atoms. The van der Waals surface area contributed by atoms with E-state index in [-0.39, 0.29) is 29.3 Å². The Balaban J connectivity index is 0.000000125. The van der Waals surface area contributed by atoms with Crippen LogP contribution in [0.4, 0.5) is 15.8 Å². The molecule has 29 heteroatoms. The number of nitrogens with one attached hydrogen (secondary N) is 8. The second-order valence-electron chi connectivity index (χ2n) is 26.2. The smallest absolute Gasteiger partial charge is 0.224 e. The number of anilines is 2. The summed E-state index contributed by atoms with van der Waals surface area (Å²) in [4.78, 5) is 99.9. The van der Waals surface area contributed by atoms with Crippen LogP contribution in [0.15, 0.2) is 202 Å². The van der Waals surface area contributed by atoms with Crippen molar-refractivity contribution in [3.63, 3.8) is 0 Å². The molecule has 18 aromatic rings. The summed E-state index contributed by atoms with van der Waals surface area (Å²) in [6.07, 6.45) is 25.8. The number of carbonyl (C=O) groups is 3. The zero-order valence-electron chi connectivity index (χ0n) is 59.0. The van der Waals surface area contributed by atoms with Crippen molar-refractivity contribution in [3.05, 3.63) is 224 Å². The first-order valence-electron chi connectivity index (χ1n) is 34.9. The van der Waals surface area contributed by atoms with Gasteiger partial charge in [-0.3, -0.25) is 59.6 Å². The molecular formula is C81H62Cl2FN23O3. The number of hydrogen-bond donors (Lipinski definition) is 8. The average Bonchev–Trinajstić information content (AvgIpc) is 1.62. The van der Waals surface area contributed by atoms with Gasteiger partial charge in [-0.15, -0.1) is 0 Å². The Morgan fingerprint density at radius 1 is 0.418 bits per heavy atom. The highest BCUT2D eigenvalue weighted by Gasteiger charge is 2.22. The summed E-state index contributed by atoms with van der Waals surface area (Å²) < 4.78 is 13.9. The molecular weight excluding hydrogens is 1430 g/mol. The van der Waals surface area contributed by atoms with Gasteiger partial charge in [0.15, 0.2) is 34.4 Å². The summed E-state index contributed by atoms with van der Waals surface area (Å²) in [6, 6.07) is 35.1. The fraction of sp³-hybridized carbons (Fsp3) is 0.111. The quantitative estimate of drug-likeness (QED) is 0.0420. The average molecular weight is 1500 g/mol. The van der Waals surface area contributed by atoms with E-state index < -0.39 is 0 Å². The third-order valence-corrected chi connectivity index (χ3v) is 18.6. The molecule has 18 rings (SSSR count). The summed E-state index contributed by atoms with van der Waals surface area (Å²) in [5.41, 5.74) is 20.4. The van der Waals surface area contributed by atoms with E-state index in [1.165, 1.54) is 12.1 Å². The van der Waals surface area contributed by atoms with E-state index in [1.807, 2.05) is 118 Å². The summed E-state index contributed by atoms with van der Waals surface area (Å²) in [6.45, 7) is 7.66. The SMILES string of the molecule is CC(C)CC(=O)Nc1cncc(-c2cnc3n[nH]c(-c4nc5c(-c6cccc(F)c6)cncc5[nH]4)c3c2)c1.CCC(=O)Cc1ccc(-c2cnc3n[nH]c(-c4nc5c(-c6cccc(Cl)c6)cncc5[nH]4)c3c2)cn1.CCC(=O)Nc1cncc(-c2cnc3n[nH]c(-c4nc5c(-c6cccc(Cl)c6)cncc5[nH]4)c3c2)c1. The standard InChI is InChI=1S/C28H23FN8O.C27H20ClN7O.C26H19ClN8O/c1-15(2)6-24(38)33-20-8-17(10-30-12-20)18-9-21-26(36-37-27(21)32-11-18)28-34-23-14-31-13-22(25(23)35-28)16-4-3-5-19(29)7-16;1-2-20(36)10-19-7-6-16(11-30-19)17-9-21-25(34-35-26(21)31-12-17)27-32-23-14-29-13-22(24(23)33-27)15-4-3-5-18(28)8-15;1-2-22(36)31-18-7-15(9-28-11-18)16-8-19-24(34-35-25(19)30-10-16)26-32-21-13-29-12-20(23(21)33-26)14-4-3-5-17(27)6-14/h3-5,7-15H,6H2,1-2H3,(H,33,38)(H,34,35)(H,32,36,37);3-9,11-14H,2,10H2,1H3,(H,32,33)(H,31,34,35);3-13H,2H2,1H3,(H,31,36)(H,32,33)(H,30,34,35). The third kappa shape index (κ3) is 14.8. The third-order valence-electron chi connectivity index (χ3n) is 18.1. The Morgan fingerprint density at radius 3 is 1.24 bits per heavy atom. The van der Waals surface area contributed by atoms with Crippen LogP contribution >= 0.6 is 23.2 Å². The topological polar surface area (TPSA) is 363 Å². The monoisotopic (exact) mass is 1490 g/mol. The number of hydrogen-bond acceptors (Lipinski definition) is 18. The molecule has 0 fully saturated rings. The summed E-state index contributed by atoms with van der Waals surface area (Å²) >= 11 is 12.4. The summed E-state index contributed by atoms with van der Waals surface area (Å²) in [5.74, 6) is 1.78. The second-order valence-corrected chi connectivity index (χ2v) is 27.1. The largest absolute Gasteiger partial charge is 0.335 e. The zero-order chi connectivity index (χ0) is 75.5. The number of Topliss-reactive ketones (excluding diaryl/α,β-unsaturated/α-hetero) is 1. The van der Waals surface area contributed by atoms with Gasteiger partial charge in [0.25, 0.3) is 0 Å². The minimum absolute atomic E-state index is 0.0540. The molecule has 110 heavy (non-hydrogen) atoms. The van der Waals surface area contributed by atoms with Crippen molar-refractivity contribution in [3.8, 4) is 101 Å². The number of halogens is 3. The lowest BCUT2D eigenvalue weighted by atomic mass is 10.1. The van der Waals surface area contributed by atoms with Crippen molar-refractivity contribution in [2.75, 3.05) is 10.6 Å². The summed E-state index contributed by atoms with van der Waals surface area (Å²) in [5, 5.41) is 31.7. The van der Waals surface area contributed by atoms with Crippen molar-refractivity contribution in [2.45, 2.75) is 53.4 Å². The van der Waals surface area contributed by atoms with Gasteiger partial charge in [0.05, 0.1) is 91.6 Å². The minimum atomic E-state index is -0.327. The molecule has 0 unspecified atom stereocenters. The Kier molecular flexibility index (Phi) is 19.4. The molecule has 0 spiro atoms. The first kappa shape index (κ1) is 70.3. The number of aromatic nitrogens is 21. The van der Waals surface area contributed by atoms with Crippen LogP contribution in [-0.4, -0.2) is 123 Å².